The smallest absolute Gasteiger partial charge is 0.335 e. The van der Waals surface area contributed by atoms with Gasteiger partial charge in [0.05, 0.1) is 43.5 Å². The van der Waals surface area contributed by atoms with Crippen LogP contribution in [-0.4, -0.2) is 61.8 Å². The zero-order chi connectivity index (χ0) is 35.9. The van der Waals surface area contributed by atoms with Gasteiger partial charge in [0, 0.05) is 0 Å². The molecule has 2 aliphatic carbocycles. The fraction of sp³-hybridized carbons (Fsp3) is 0.571. The summed E-state index contributed by atoms with van der Waals surface area (Å²) in [4.78, 5) is 24.1. The maximum absolute atomic E-state index is 12.1. The molecule has 2 saturated carbocycles. The lowest BCUT2D eigenvalue weighted by molar-refractivity contribution is -0.145. The number of carbonyl (C=O) groups excluding carboxylic acids is 2. The Kier molecular flexibility index (Phi) is 15.9. The highest BCUT2D eigenvalue weighted by Crippen LogP contribution is 2.46. The van der Waals surface area contributed by atoms with Crippen molar-refractivity contribution in [3.05, 3.63) is 83.5 Å². The zero-order valence-electron chi connectivity index (χ0n) is 30.2. The first-order valence-electron chi connectivity index (χ1n) is 18.7. The van der Waals surface area contributed by atoms with Crippen molar-refractivity contribution in [1.29, 1.82) is 0 Å². The zero-order valence-corrected chi connectivity index (χ0v) is 30.2. The molecule has 0 radical (unpaired) electrons. The third-order valence-electron chi connectivity index (χ3n) is 10.6. The van der Waals surface area contributed by atoms with Crippen LogP contribution in [0.15, 0.2) is 66.8 Å². The Hall–Kier alpha value is -3.62. The van der Waals surface area contributed by atoms with Gasteiger partial charge in [-0.25, -0.2) is 9.59 Å². The monoisotopic (exact) mass is 690 g/mol. The third kappa shape index (κ3) is 11.5. The molecule has 0 bridgehead atoms. The number of ether oxygens (including phenoxy) is 4. The minimum atomic E-state index is -0.724. The Bertz CT molecular complexity index is 1350. The van der Waals surface area contributed by atoms with Gasteiger partial charge < -0.3 is 29.2 Å². The van der Waals surface area contributed by atoms with E-state index < -0.39 is 31.1 Å². The Morgan fingerprint density at radius 1 is 0.720 bits per heavy atom. The summed E-state index contributed by atoms with van der Waals surface area (Å²) in [7, 11) is 0. The number of carbonyl (C=O) groups is 2. The number of hydrogen-bond donors (Lipinski definition) is 2. The first-order chi connectivity index (χ1) is 24.3. The van der Waals surface area contributed by atoms with Crippen molar-refractivity contribution in [3.8, 4) is 11.5 Å². The summed E-state index contributed by atoms with van der Waals surface area (Å²) < 4.78 is 22.5. The topological polar surface area (TPSA) is 112 Å². The molecule has 2 aliphatic rings. The lowest BCUT2D eigenvalue weighted by Crippen LogP contribution is -2.27. The second kappa shape index (κ2) is 20.3. The average Bonchev–Trinajstić information content (AvgIpc) is 3.17. The Morgan fingerprint density at radius 3 is 1.78 bits per heavy atom. The van der Waals surface area contributed by atoms with Crippen LogP contribution in [0.3, 0.4) is 0 Å². The van der Waals surface area contributed by atoms with Gasteiger partial charge in [-0.1, -0.05) is 51.6 Å². The number of aliphatic hydroxyl groups is 2. The van der Waals surface area contributed by atoms with E-state index in [4.69, 9.17) is 29.2 Å². The summed E-state index contributed by atoms with van der Waals surface area (Å²) in [6.45, 7) is 11.0. The van der Waals surface area contributed by atoms with Gasteiger partial charge in [-0.3, -0.25) is 0 Å². The Morgan fingerprint density at radius 2 is 1.26 bits per heavy atom. The lowest BCUT2D eigenvalue weighted by Gasteiger charge is -2.38. The van der Waals surface area contributed by atoms with Crippen LogP contribution in [0.5, 0.6) is 11.5 Å². The van der Waals surface area contributed by atoms with Gasteiger partial charge in [-0.15, -0.1) is 0 Å². The highest BCUT2D eigenvalue weighted by atomic mass is 16.6. The summed E-state index contributed by atoms with van der Waals surface area (Å²) in [5, 5.41) is 18.3. The maximum Gasteiger partial charge on any atom is 0.335 e. The number of aryl methyl sites for hydroxylation is 1. The molecule has 2 fully saturated rings. The van der Waals surface area contributed by atoms with E-state index in [1.807, 2.05) is 6.07 Å². The molecular weight excluding hydrogens is 632 g/mol. The molecule has 4 rings (SSSR count). The molecule has 0 aromatic heterocycles. The van der Waals surface area contributed by atoms with Crippen molar-refractivity contribution in [2.75, 3.05) is 39.6 Å². The summed E-state index contributed by atoms with van der Waals surface area (Å²) in [5.74, 6) is 2.63. The first kappa shape index (κ1) is 39.2. The molecule has 8 nitrogen and oxygen atoms in total. The molecule has 0 heterocycles. The summed E-state index contributed by atoms with van der Waals surface area (Å²) in [5.41, 5.74) is 4.02. The van der Waals surface area contributed by atoms with Crippen molar-refractivity contribution < 1.29 is 38.7 Å². The second-order valence-corrected chi connectivity index (χ2v) is 14.1. The molecule has 0 aliphatic heterocycles. The predicted molar refractivity (Wildman–Crippen MR) is 195 cm³/mol. The Labute approximate surface area is 298 Å². The van der Waals surface area contributed by atoms with E-state index >= 15 is 0 Å². The van der Waals surface area contributed by atoms with E-state index in [1.54, 1.807) is 0 Å². The number of esters is 2. The van der Waals surface area contributed by atoms with Crippen molar-refractivity contribution in [2.24, 2.45) is 17.8 Å². The molecular formula is C42H58O8. The highest BCUT2D eigenvalue weighted by molar-refractivity contribution is 5.88. The molecule has 50 heavy (non-hydrogen) atoms. The van der Waals surface area contributed by atoms with Crippen LogP contribution < -0.4 is 9.47 Å². The number of aliphatic hydroxyl groups excluding tert-OH is 2. The molecule has 0 saturated heterocycles. The SMILES string of the molecule is C=C(CO)C(=O)OCC(COC(=O)C(=C)CO)COc1ccc(C2CCC(C3CCC(c4ccc(OCCCC)cc4)CC3)CC2)c(CC)c1. The number of rotatable bonds is 19. The Balaban J connectivity index is 1.26. The van der Waals surface area contributed by atoms with Gasteiger partial charge in [0.2, 0.25) is 0 Å². The van der Waals surface area contributed by atoms with E-state index in [9.17, 15) is 9.59 Å². The van der Waals surface area contributed by atoms with E-state index in [-0.39, 0.29) is 31.0 Å². The fourth-order valence-electron chi connectivity index (χ4n) is 7.45. The van der Waals surface area contributed by atoms with Gasteiger partial charge in [0.25, 0.3) is 0 Å². The normalized spacial score (nSPS) is 20.6. The minimum Gasteiger partial charge on any atom is -0.494 e. The van der Waals surface area contributed by atoms with Gasteiger partial charge in [0.15, 0.2) is 0 Å². The van der Waals surface area contributed by atoms with E-state index in [1.165, 1.54) is 68.1 Å². The van der Waals surface area contributed by atoms with Crippen molar-refractivity contribution in [3.63, 3.8) is 0 Å². The van der Waals surface area contributed by atoms with E-state index in [0.717, 1.165) is 43.5 Å². The van der Waals surface area contributed by atoms with Crippen molar-refractivity contribution >= 4 is 11.9 Å². The molecule has 2 aromatic rings. The van der Waals surface area contributed by atoms with Crippen LogP contribution >= 0.6 is 0 Å². The molecule has 0 atom stereocenters. The second-order valence-electron chi connectivity index (χ2n) is 14.1. The fourth-order valence-corrected chi connectivity index (χ4v) is 7.45. The number of hydrogen-bond acceptors (Lipinski definition) is 8. The molecule has 2 aromatic carbocycles. The summed E-state index contributed by atoms with van der Waals surface area (Å²) >= 11 is 0. The standard InChI is InChI=1S/C42H58O8/c1-5-7-22-47-38-18-16-36(17-19-38)34-10-8-33(9-11-34)35-12-14-37(15-13-35)40-21-20-39(23-32(40)6-2)48-26-31(27-49-41(45)29(3)24-43)28-50-42(46)30(4)25-44/h16-21,23,31,33-35,37,43-44H,3-15,22,24-28H2,1-2H3. The predicted octanol–water partition coefficient (Wildman–Crippen LogP) is 7.85. The van der Waals surface area contributed by atoms with Crippen LogP contribution in [0, 0.1) is 17.8 Å². The van der Waals surface area contributed by atoms with E-state index in [2.05, 4.69) is 63.4 Å². The van der Waals surface area contributed by atoms with Gasteiger partial charge in [0.1, 0.15) is 24.7 Å². The van der Waals surface area contributed by atoms with Crippen LogP contribution in [0.4, 0.5) is 0 Å². The van der Waals surface area contributed by atoms with Crippen LogP contribution in [0.1, 0.15) is 107 Å². The molecule has 0 amide bonds. The summed E-state index contributed by atoms with van der Waals surface area (Å²) in [6, 6.07) is 15.2. The largest absolute Gasteiger partial charge is 0.494 e. The third-order valence-corrected chi connectivity index (χ3v) is 10.6. The van der Waals surface area contributed by atoms with Crippen LogP contribution in [0.2, 0.25) is 0 Å². The van der Waals surface area contributed by atoms with Crippen LogP contribution in [-0.2, 0) is 25.5 Å². The average molecular weight is 691 g/mol. The molecule has 2 N–H and O–H groups in total. The first-order valence-corrected chi connectivity index (χ1v) is 18.7. The van der Waals surface area contributed by atoms with Crippen LogP contribution in [0.25, 0.3) is 0 Å². The molecule has 274 valence electrons. The lowest BCUT2D eigenvalue weighted by atomic mass is 9.67. The molecule has 0 spiro atoms. The molecule has 0 unspecified atom stereocenters. The summed E-state index contributed by atoms with van der Waals surface area (Å²) in [6.07, 6.45) is 13.4. The van der Waals surface area contributed by atoms with Gasteiger partial charge >= 0.3 is 11.9 Å². The molecule has 8 heteroatoms. The highest BCUT2D eigenvalue weighted by Gasteiger charge is 2.32. The minimum absolute atomic E-state index is 0.0643. The number of benzene rings is 2. The van der Waals surface area contributed by atoms with Gasteiger partial charge in [-0.2, -0.15) is 0 Å². The van der Waals surface area contributed by atoms with E-state index in [0.29, 0.717) is 17.6 Å². The quantitative estimate of drug-likeness (QED) is 0.0871. The van der Waals surface area contributed by atoms with Crippen molar-refractivity contribution in [2.45, 2.75) is 96.3 Å². The van der Waals surface area contributed by atoms with Gasteiger partial charge in [-0.05, 0) is 129 Å². The van der Waals surface area contributed by atoms with Crippen molar-refractivity contribution in [1.82, 2.24) is 0 Å². The number of unbranched alkanes of at least 4 members (excludes halogenated alkanes) is 1. The maximum atomic E-state index is 12.1.